The normalized spacial score (nSPS) is 11.1. The summed E-state index contributed by atoms with van der Waals surface area (Å²) in [7, 11) is 0. The van der Waals surface area contributed by atoms with Crippen LogP contribution in [-0.4, -0.2) is 6.29 Å². The van der Waals surface area contributed by atoms with E-state index in [4.69, 9.17) is 10.3 Å². The van der Waals surface area contributed by atoms with Gasteiger partial charge in [0.05, 0.1) is 5.56 Å². The van der Waals surface area contributed by atoms with Crippen LogP contribution in [-0.2, 0) is 0 Å². The molecule has 1 aromatic heterocycles. The first-order valence-electron chi connectivity index (χ1n) is 4.07. The first-order chi connectivity index (χ1) is 6.85. The Morgan fingerprint density at radius 3 is 2.80 bits per heavy atom. The Morgan fingerprint density at radius 1 is 1.40 bits per heavy atom. The number of benzene rings is 1. The van der Waals surface area contributed by atoms with Crippen molar-refractivity contribution in [2.45, 2.75) is 0 Å². The minimum atomic E-state index is 0. The first kappa shape index (κ1) is 12.6. The van der Waals surface area contributed by atoms with Crippen molar-refractivity contribution in [3.05, 3.63) is 41.4 Å². The van der Waals surface area contributed by atoms with Crippen molar-refractivity contribution in [2.75, 3.05) is 0 Å². The van der Waals surface area contributed by atoms with Crippen LogP contribution in [0.25, 0.3) is 11.0 Å². The zero-order chi connectivity index (χ0) is 9.97. The molecule has 0 aliphatic carbocycles. The van der Waals surface area contributed by atoms with Crippen LogP contribution in [0.1, 0.15) is 11.8 Å². The third-order valence-corrected chi connectivity index (χ3v) is 1.93. The molecule has 0 saturated carbocycles. The number of para-hydroxylation sites is 1. The number of rotatable bonds is 1. The number of carbonyl (C=O) groups excluding carboxylic acids is 1. The molecule has 15 heavy (non-hydrogen) atoms. The molecule has 0 atom stereocenters. The molecule has 4 nitrogen and oxygen atoms in total. The van der Waals surface area contributed by atoms with Gasteiger partial charge in [0, 0.05) is 5.39 Å². The molecule has 2 rings (SSSR count). The van der Waals surface area contributed by atoms with Crippen molar-refractivity contribution in [3.63, 3.8) is 0 Å². The third kappa shape index (κ3) is 2.56. The summed E-state index contributed by atoms with van der Waals surface area (Å²) >= 11 is 0. The van der Waals surface area contributed by atoms with Crippen LogP contribution in [0.15, 0.2) is 39.9 Å². The molecule has 72 valence electrons. The van der Waals surface area contributed by atoms with E-state index in [-0.39, 0.29) is 58.4 Å². The molecule has 0 amide bonds. The predicted molar refractivity (Wildman–Crippen MR) is 52.5 cm³/mol. The average molecular weight is 228 g/mol. The summed E-state index contributed by atoms with van der Waals surface area (Å²) in [4.78, 5) is 10.7. The quantitative estimate of drug-likeness (QED) is 0.269. The van der Waals surface area contributed by atoms with E-state index >= 15 is 0 Å². The summed E-state index contributed by atoms with van der Waals surface area (Å²) in [5.74, 6) is 5.09. The van der Waals surface area contributed by atoms with Crippen LogP contribution < -0.4 is 62.8 Å². The fourth-order valence-electron chi connectivity index (χ4n) is 1.27. The van der Waals surface area contributed by atoms with Gasteiger partial charge in [-0.15, -0.1) is 5.10 Å². The maximum Gasteiger partial charge on any atom is 1.00 e. The van der Waals surface area contributed by atoms with Gasteiger partial charge in [-0.3, -0.25) is 4.79 Å². The number of hydrogen-bond acceptors (Lipinski definition) is 4. The standard InChI is InChI=1S/C10H8N2O2.K.H/c11-12-10-8(6-13)5-7-3-1-2-4-9(7)14-10;;/h1-6H,11H2;;/q;+1;-1. The Hall–Kier alpha value is -0.464. The van der Waals surface area contributed by atoms with E-state index < -0.39 is 0 Å². The van der Waals surface area contributed by atoms with Crippen molar-refractivity contribution < 1.29 is 62.0 Å². The van der Waals surface area contributed by atoms with Gasteiger partial charge < -0.3 is 11.7 Å². The molecule has 0 bridgehead atoms. The number of nitrogens with two attached hydrogens (primary N) is 1. The molecule has 1 heterocycles. The number of hydrogen-bond donors (Lipinski definition) is 1. The van der Waals surface area contributed by atoms with E-state index in [1.54, 1.807) is 12.1 Å². The Morgan fingerprint density at radius 2 is 2.13 bits per heavy atom. The van der Waals surface area contributed by atoms with Crippen molar-refractivity contribution in [1.82, 2.24) is 0 Å². The maximum atomic E-state index is 10.7. The van der Waals surface area contributed by atoms with Gasteiger partial charge in [-0.2, -0.15) is 0 Å². The minimum absolute atomic E-state index is 0. The Balaban J connectivity index is 0.00000112. The van der Waals surface area contributed by atoms with Crippen LogP contribution >= 0.6 is 0 Å². The number of aldehydes is 1. The summed E-state index contributed by atoms with van der Waals surface area (Å²) in [6.45, 7) is 0. The van der Waals surface area contributed by atoms with Crippen molar-refractivity contribution in [1.29, 1.82) is 0 Å². The summed E-state index contributed by atoms with van der Waals surface area (Å²) in [5, 5.41) is 4.24. The van der Waals surface area contributed by atoms with Gasteiger partial charge in [-0.05, 0) is 12.1 Å². The van der Waals surface area contributed by atoms with Crippen LogP contribution in [0.2, 0.25) is 0 Å². The summed E-state index contributed by atoms with van der Waals surface area (Å²) in [6.07, 6.45) is 0.668. The van der Waals surface area contributed by atoms with Gasteiger partial charge in [-0.25, -0.2) is 0 Å². The van der Waals surface area contributed by atoms with Gasteiger partial charge in [0.25, 0.3) is 0 Å². The number of fused-ring (bicyclic) bond motifs is 1. The monoisotopic (exact) mass is 228 g/mol. The zero-order valence-electron chi connectivity index (χ0n) is 9.31. The molecule has 2 N–H and O–H groups in total. The fraction of sp³-hybridized carbons (Fsp3) is 0. The summed E-state index contributed by atoms with van der Waals surface area (Å²) in [5.41, 5.74) is 1.16. The maximum absolute atomic E-state index is 10.7. The van der Waals surface area contributed by atoms with Crippen molar-refractivity contribution >= 4 is 17.3 Å². The molecule has 1 aromatic carbocycles. The number of nitrogens with zero attached hydrogens (tertiary/aromatic N) is 1. The molecule has 0 unspecified atom stereocenters. The molecule has 0 spiro atoms. The molecule has 0 aliphatic rings. The molecular weight excluding hydrogens is 219 g/mol. The van der Waals surface area contributed by atoms with Crippen molar-refractivity contribution in [2.24, 2.45) is 10.9 Å². The van der Waals surface area contributed by atoms with E-state index in [1.807, 2.05) is 18.2 Å². The molecule has 5 heteroatoms. The Bertz CT molecular complexity index is 554. The predicted octanol–water partition coefficient (Wildman–Crippen LogP) is -1.86. The molecule has 0 radical (unpaired) electrons. The fourth-order valence-corrected chi connectivity index (χ4v) is 1.27. The van der Waals surface area contributed by atoms with Crippen LogP contribution in [0.5, 0.6) is 0 Å². The largest absolute Gasteiger partial charge is 1.00 e. The molecule has 0 fully saturated rings. The summed E-state index contributed by atoms with van der Waals surface area (Å²) < 4.78 is 5.31. The minimum Gasteiger partial charge on any atom is -1.00 e. The number of carbonyl (C=O) groups is 1. The second-order valence-corrected chi connectivity index (χ2v) is 2.79. The molecule has 0 saturated heterocycles. The van der Waals surface area contributed by atoms with Gasteiger partial charge in [0.1, 0.15) is 5.58 Å². The van der Waals surface area contributed by atoms with Crippen LogP contribution in [0, 0.1) is 0 Å². The van der Waals surface area contributed by atoms with Crippen LogP contribution in [0.3, 0.4) is 0 Å². The van der Waals surface area contributed by atoms with Crippen LogP contribution in [0.4, 0.5) is 0 Å². The van der Waals surface area contributed by atoms with E-state index in [0.29, 0.717) is 17.4 Å². The van der Waals surface area contributed by atoms with Gasteiger partial charge >= 0.3 is 51.4 Å². The zero-order valence-corrected chi connectivity index (χ0v) is 11.4. The average Bonchev–Trinajstić information content (AvgIpc) is 2.27. The molecule has 2 aromatic rings. The Labute approximate surface area is 130 Å². The van der Waals surface area contributed by atoms with E-state index in [9.17, 15) is 4.79 Å². The third-order valence-electron chi connectivity index (χ3n) is 1.93. The SMILES string of the molecule is NN=c1oc2ccccc2cc1C=O.[H-].[K+]. The second kappa shape index (κ2) is 5.57. The van der Waals surface area contributed by atoms with E-state index in [0.717, 1.165) is 5.39 Å². The van der Waals surface area contributed by atoms with Gasteiger partial charge in [0.2, 0.25) is 5.55 Å². The topological polar surface area (TPSA) is 68.6 Å². The Kier molecular flexibility index (Phi) is 4.68. The second-order valence-electron chi connectivity index (χ2n) is 2.79. The molecule has 0 aliphatic heterocycles. The first-order valence-corrected chi connectivity index (χ1v) is 4.07. The van der Waals surface area contributed by atoms with E-state index in [2.05, 4.69) is 5.10 Å². The van der Waals surface area contributed by atoms with Gasteiger partial charge in [0.15, 0.2) is 6.29 Å². The molecular formula is C10H9KN2O2. The van der Waals surface area contributed by atoms with Crippen molar-refractivity contribution in [3.8, 4) is 0 Å². The van der Waals surface area contributed by atoms with Gasteiger partial charge in [-0.1, -0.05) is 18.2 Å². The smallest absolute Gasteiger partial charge is 1.00 e. The summed E-state index contributed by atoms with van der Waals surface area (Å²) in [6, 6.07) is 9.04. The van der Waals surface area contributed by atoms with E-state index in [1.165, 1.54) is 0 Å².